The number of hydrogen-bond acceptors (Lipinski definition) is 3. The van der Waals surface area contributed by atoms with Crippen molar-refractivity contribution >= 4 is 6.09 Å². The van der Waals surface area contributed by atoms with E-state index in [1.807, 2.05) is 0 Å². The molecule has 1 unspecified atom stereocenters. The van der Waals surface area contributed by atoms with Crippen molar-refractivity contribution in [3.05, 3.63) is 29.8 Å². The highest BCUT2D eigenvalue weighted by Crippen LogP contribution is 2.18. The van der Waals surface area contributed by atoms with Gasteiger partial charge in [-0.2, -0.15) is 0 Å². The van der Waals surface area contributed by atoms with E-state index in [1.165, 1.54) is 0 Å². The van der Waals surface area contributed by atoms with Gasteiger partial charge in [0.2, 0.25) is 0 Å². The molecule has 1 amide bonds. The summed E-state index contributed by atoms with van der Waals surface area (Å²) in [5.74, 6) is 0.515. The number of benzene rings is 1. The summed E-state index contributed by atoms with van der Waals surface area (Å²) in [5, 5.41) is 9.32. The second-order valence-corrected chi connectivity index (χ2v) is 3.95. The standard InChI is InChI=1S/C12H15NO3/c1-9(14)10-3-5-11(6-4-10)16-12(15)13-7-2-8-13/h3-6,9,14H,2,7-8H2,1H3. The second kappa shape index (κ2) is 4.53. The van der Waals surface area contributed by atoms with Crippen molar-refractivity contribution in [3.8, 4) is 5.75 Å². The average Bonchev–Trinajstić information content (AvgIpc) is 2.15. The molecule has 4 nitrogen and oxygen atoms in total. The average molecular weight is 221 g/mol. The fourth-order valence-corrected chi connectivity index (χ4v) is 1.48. The Hall–Kier alpha value is -1.55. The molecule has 1 aromatic carbocycles. The van der Waals surface area contributed by atoms with E-state index in [2.05, 4.69) is 0 Å². The Balaban J connectivity index is 1.96. The summed E-state index contributed by atoms with van der Waals surface area (Å²) >= 11 is 0. The Labute approximate surface area is 94.4 Å². The van der Waals surface area contributed by atoms with Gasteiger partial charge in [-0.15, -0.1) is 0 Å². The van der Waals surface area contributed by atoms with Gasteiger partial charge in [0.1, 0.15) is 5.75 Å². The number of likely N-dealkylation sites (tertiary alicyclic amines) is 1. The number of aliphatic hydroxyl groups is 1. The first kappa shape index (κ1) is 11.0. The maximum Gasteiger partial charge on any atom is 0.415 e. The number of ether oxygens (including phenoxy) is 1. The van der Waals surface area contributed by atoms with Crippen LogP contribution in [-0.2, 0) is 0 Å². The molecule has 86 valence electrons. The van der Waals surface area contributed by atoms with Gasteiger partial charge in [0, 0.05) is 13.1 Å². The molecule has 1 atom stereocenters. The first-order valence-corrected chi connectivity index (χ1v) is 5.41. The molecule has 1 saturated heterocycles. The number of rotatable bonds is 2. The van der Waals surface area contributed by atoms with Gasteiger partial charge in [0.15, 0.2) is 0 Å². The van der Waals surface area contributed by atoms with Crippen LogP contribution in [0.1, 0.15) is 25.0 Å². The fourth-order valence-electron chi connectivity index (χ4n) is 1.48. The predicted octanol–water partition coefficient (Wildman–Crippen LogP) is 1.94. The molecule has 1 fully saturated rings. The van der Waals surface area contributed by atoms with Gasteiger partial charge in [-0.05, 0) is 31.0 Å². The Morgan fingerprint density at radius 2 is 2.00 bits per heavy atom. The van der Waals surface area contributed by atoms with Crippen molar-refractivity contribution in [2.45, 2.75) is 19.4 Å². The zero-order valence-corrected chi connectivity index (χ0v) is 9.22. The van der Waals surface area contributed by atoms with Gasteiger partial charge >= 0.3 is 6.09 Å². The van der Waals surface area contributed by atoms with Crippen LogP contribution in [0, 0.1) is 0 Å². The minimum absolute atomic E-state index is 0.295. The molecule has 4 heteroatoms. The first-order chi connectivity index (χ1) is 7.66. The topological polar surface area (TPSA) is 49.8 Å². The Kier molecular flexibility index (Phi) is 3.10. The highest BCUT2D eigenvalue weighted by Gasteiger charge is 2.21. The fraction of sp³-hybridized carbons (Fsp3) is 0.417. The van der Waals surface area contributed by atoms with Crippen molar-refractivity contribution in [2.24, 2.45) is 0 Å². The smallest absolute Gasteiger partial charge is 0.410 e. The lowest BCUT2D eigenvalue weighted by Gasteiger charge is -2.29. The molecule has 0 radical (unpaired) electrons. The molecule has 1 heterocycles. The SMILES string of the molecule is CC(O)c1ccc(OC(=O)N2CCC2)cc1. The molecule has 1 aliphatic heterocycles. The lowest BCUT2D eigenvalue weighted by atomic mass is 10.1. The van der Waals surface area contributed by atoms with Crippen LogP contribution in [0.25, 0.3) is 0 Å². The normalized spacial score (nSPS) is 16.5. The summed E-state index contributed by atoms with van der Waals surface area (Å²) in [5.41, 5.74) is 0.809. The third-order valence-corrected chi connectivity index (χ3v) is 2.68. The summed E-state index contributed by atoms with van der Waals surface area (Å²) in [6, 6.07) is 6.90. The Morgan fingerprint density at radius 3 is 2.44 bits per heavy atom. The van der Waals surface area contributed by atoms with Crippen LogP contribution < -0.4 is 4.74 Å². The number of carbonyl (C=O) groups excluding carboxylic acids is 1. The Morgan fingerprint density at radius 1 is 1.38 bits per heavy atom. The van der Waals surface area contributed by atoms with Crippen LogP contribution >= 0.6 is 0 Å². The summed E-state index contributed by atoms with van der Waals surface area (Å²) in [6.45, 7) is 3.26. The number of hydrogen-bond donors (Lipinski definition) is 1. The van der Waals surface area contributed by atoms with E-state index in [0.29, 0.717) is 5.75 Å². The molecule has 0 spiro atoms. The lowest BCUT2D eigenvalue weighted by Crippen LogP contribution is -2.43. The maximum atomic E-state index is 11.5. The maximum absolute atomic E-state index is 11.5. The van der Waals surface area contributed by atoms with Crippen molar-refractivity contribution in [3.63, 3.8) is 0 Å². The molecular formula is C12H15NO3. The summed E-state index contributed by atoms with van der Waals surface area (Å²) in [6.07, 6.45) is 0.256. The molecule has 2 rings (SSSR count). The van der Waals surface area contributed by atoms with E-state index in [1.54, 1.807) is 36.1 Å². The number of aliphatic hydroxyl groups excluding tert-OH is 1. The molecule has 1 aliphatic rings. The third-order valence-electron chi connectivity index (χ3n) is 2.68. The van der Waals surface area contributed by atoms with E-state index < -0.39 is 6.10 Å². The first-order valence-electron chi connectivity index (χ1n) is 5.41. The third kappa shape index (κ3) is 2.33. The monoisotopic (exact) mass is 221 g/mol. The zero-order chi connectivity index (χ0) is 11.5. The van der Waals surface area contributed by atoms with Crippen molar-refractivity contribution in [2.75, 3.05) is 13.1 Å². The zero-order valence-electron chi connectivity index (χ0n) is 9.22. The lowest BCUT2D eigenvalue weighted by molar-refractivity contribution is 0.125. The van der Waals surface area contributed by atoms with Gasteiger partial charge < -0.3 is 14.7 Å². The highest BCUT2D eigenvalue weighted by atomic mass is 16.6. The Bertz CT molecular complexity index is 368. The highest BCUT2D eigenvalue weighted by molar-refractivity contribution is 5.71. The van der Waals surface area contributed by atoms with Gasteiger partial charge in [-0.1, -0.05) is 12.1 Å². The van der Waals surface area contributed by atoms with E-state index in [4.69, 9.17) is 4.74 Å². The van der Waals surface area contributed by atoms with Gasteiger partial charge in [0.05, 0.1) is 6.10 Å². The minimum Gasteiger partial charge on any atom is -0.410 e. The molecule has 0 saturated carbocycles. The predicted molar refractivity (Wildman–Crippen MR) is 59.3 cm³/mol. The largest absolute Gasteiger partial charge is 0.415 e. The van der Waals surface area contributed by atoms with Crippen LogP contribution in [0.3, 0.4) is 0 Å². The van der Waals surface area contributed by atoms with Crippen LogP contribution in [0.2, 0.25) is 0 Å². The van der Waals surface area contributed by atoms with E-state index in [0.717, 1.165) is 25.1 Å². The quantitative estimate of drug-likeness (QED) is 0.830. The van der Waals surface area contributed by atoms with Gasteiger partial charge in [-0.25, -0.2) is 4.79 Å². The van der Waals surface area contributed by atoms with Crippen molar-refractivity contribution in [1.82, 2.24) is 4.90 Å². The molecule has 1 N–H and O–H groups in total. The van der Waals surface area contributed by atoms with E-state index >= 15 is 0 Å². The van der Waals surface area contributed by atoms with Gasteiger partial charge in [0.25, 0.3) is 0 Å². The number of nitrogens with zero attached hydrogens (tertiary/aromatic N) is 1. The summed E-state index contributed by atoms with van der Waals surface area (Å²) in [7, 11) is 0. The number of amides is 1. The van der Waals surface area contributed by atoms with Crippen molar-refractivity contribution < 1.29 is 14.6 Å². The van der Waals surface area contributed by atoms with Crippen LogP contribution in [-0.4, -0.2) is 29.2 Å². The molecule has 0 bridgehead atoms. The minimum atomic E-state index is -0.500. The van der Waals surface area contributed by atoms with Crippen LogP contribution in [0.4, 0.5) is 4.79 Å². The number of carbonyl (C=O) groups is 1. The molecule has 1 aromatic rings. The van der Waals surface area contributed by atoms with Crippen LogP contribution in [0.5, 0.6) is 5.75 Å². The molecule has 16 heavy (non-hydrogen) atoms. The summed E-state index contributed by atoms with van der Waals surface area (Å²) < 4.78 is 5.16. The van der Waals surface area contributed by atoms with E-state index in [-0.39, 0.29) is 6.09 Å². The van der Waals surface area contributed by atoms with Gasteiger partial charge in [-0.3, -0.25) is 0 Å². The van der Waals surface area contributed by atoms with Crippen LogP contribution in [0.15, 0.2) is 24.3 Å². The second-order valence-electron chi connectivity index (χ2n) is 3.95. The molecular weight excluding hydrogens is 206 g/mol. The molecule has 0 aromatic heterocycles. The molecule has 0 aliphatic carbocycles. The van der Waals surface area contributed by atoms with E-state index in [9.17, 15) is 9.90 Å². The summed E-state index contributed by atoms with van der Waals surface area (Å²) in [4.78, 5) is 13.1. The van der Waals surface area contributed by atoms with Crippen molar-refractivity contribution in [1.29, 1.82) is 0 Å².